The zero-order valence-electron chi connectivity index (χ0n) is 15.9. The fourth-order valence-corrected chi connectivity index (χ4v) is 4.46. The Morgan fingerprint density at radius 1 is 1.33 bits per heavy atom. The second-order valence-electron chi connectivity index (χ2n) is 8.17. The van der Waals surface area contributed by atoms with E-state index in [1.807, 2.05) is 4.90 Å². The molecule has 27 heavy (non-hydrogen) atoms. The Morgan fingerprint density at radius 3 is 2.96 bits per heavy atom. The van der Waals surface area contributed by atoms with Gasteiger partial charge in [-0.2, -0.15) is 0 Å². The van der Waals surface area contributed by atoms with Gasteiger partial charge >= 0.3 is 0 Å². The standard InChI is InChI=1S/C20H28N2O5/c1-21-6-2-3-17(18(21)23)19(24)22-9-16-11-27-14-20(16,12-22)13-26-10-15-4-7-25-8-5-15/h2-3,6,15-16H,4-5,7-14H2,1H3/t16-,20-/m1/s1. The van der Waals surface area contributed by atoms with Crippen LogP contribution < -0.4 is 5.56 Å². The first kappa shape index (κ1) is 18.7. The highest BCUT2D eigenvalue weighted by Gasteiger charge is 2.52. The summed E-state index contributed by atoms with van der Waals surface area (Å²) in [6.07, 6.45) is 3.76. The van der Waals surface area contributed by atoms with Crippen molar-refractivity contribution in [3.63, 3.8) is 0 Å². The lowest BCUT2D eigenvalue weighted by Gasteiger charge is -2.29. The molecule has 4 heterocycles. The number of carbonyl (C=O) groups excluding carboxylic acids is 1. The highest BCUT2D eigenvalue weighted by molar-refractivity contribution is 5.94. The van der Waals surface area contributed by atoms with Gasteiger partial charge in [0.2, 0.25) is 0 Å². The number of fused-ring (bicyclic) bond motifs is 1. The zero-order valence-corrected chi connectivity index (χ0v) is 15.9. The smallest absolute Gasteiger partial charge is 0.263 e. The van der Waals surface area contributed by atoms with Crippen molar-refractivity contribution in [1.82, 2.24) is 9.47 Å². The van der Waals surface area contributed by atoms with Crippen LogP contribution in [0.25, 0.3) is 0 Å². The second kappa shape index (κ2) is 7.73. The third kappa shape index (κ3) is 3.68. The number of pyridine rings is 1. The van der Waals surface area contributed by atoms with Crippen molar-refractivity contribution < 1.29 is 19.0 Å². The van der Waals surface area contributed by atoms with Gasteiger partial charge in [0, 0.05) is 57.5 Å². The van der Waals surface area contributed by atoms with Gasteiger partial charge in [0.05, 0.1) is 19.8 Å². The molecular weight excluding hydrogens is 348 g/mol. The van der Waals surface area contributed by atoms with E-state index in [2.05, 4.69) is 0 Å². The lowest BCUT2D eigenvalue weighted by molar-refractivity contribution is -0.0150. The van der Waals surface area contributed by atoms with E-state index in [1.165, 1.54) is 4.57 Å². The predicted octanol–water partition coefficient (Wildman–Crippen LogP) is 0.917. The Morgan fingerprint density at radius 2 is 2.15 bits per heavy atom. The Kier molecular flexibility index (Phi) is 5.34. The molecule has 1 aromatic rings. The number of hydrogen-bond acceptors (Lipinski definition) is 5. The molecule has 0 spiro atoms. The highest BCUT2D eigenvalue weighted by Crippen LogP contribution is 2.42. The fourth-order valence-electron chi connectivity index (χ4n) is 4.46. The van der Waals surface area contributed by atoms with E-state index in [1.54, 1.807) is 25.4 Å². The molecule has 0 bridgehead atoms. The average molecular weight is 376 g/mol. The number of carbonyl (C=O) groups is 1. The molecule has 4 rings (SSSR count). The summed E-state index contributed by atoms with van der Waals surface area (Å²) >= 11 is 0. The number of nitrogens with zero attached hydrogens (tertiary/aromatic N) is 2. The number of ether oxygens (including phenoxy) is 3. The van der Waals surface area contributed by atoms with Crippen LogP contribution >= 0.6 is 0 Å². The van der Waals surface area contributed by atoms with Crippen LogP contribution in [0.2, 0.25) is 0 Å². The quantitative estimate of drug-likeness (QED) is 0.764. The SMILES string of the molecule is Cn1cccc(C(=O)N2C[C@@H]3COC[C@]3(COCC3CCOCC3)C2)c1=O. The lowest BCUT2D eigenvalue weighted by Crippen LogP contribution is -2.39. The Bertz CT molecular complexity index is 742. The van der Waals surface area contributed by atoms with E-state index in [-0.39, 0.29) is 28.4 Å². The molecule has 0 unspecified atom stereocenters. The van der Waals surface area contributed by atoms with Gasteiger partial charge in [-0.05, 0) is 30.9 Å². The van der Waals surface area contributed by atoms with Gasteiger partial charge in [0.15, 0.2) is 0 Å². The summed E-state index contributed by atoms with van der Waals surface area (Å²) in [6, 6.07) is 3.35. The molecule has 1 aromatic heterocycles. The maximum absolute atomic E-state index is 12.9. The van der Waals surface area contributed by atoms with E-state index in [0.717, 1.165) is 32.7 Å². The number of aryl methyl sites for hydroxylation is 1. The Balaban J connectivity index is 1.41. The molecule has 3 fully saturated rings. The highest BCUT2D eigenvalue weighted by atomic mass is 16.5. The van der Waals surface area contributed by atoms with Crippen LogP contribution in [-0.4, -0.2) is 68.1 Å². The molecule has 148 valence electrons. The van der Waals surface area contributed by atoms with Gasteiger partial charge in [-0.25, -0.2) is 0 Å². The molecule has 0 N–H and O–H groups in total. The number of rotatable bonds is 5. The number of likely N-dealkylation sites (tertiary alicyclic amines) is 1. The Labute approximate surface area is 159 Å². The van der Waals surface area contributed by atoms with E-state index in [0.29, 0.717) is 38.8 Å². The van der Waals surface area contributed by atoms with Crippen LogP contribution in [-0.2, 0) is 21.3 Å². The van der Waals surface area contributed by atoms with Crippen LogP contribution in [0.3, 0.4) is 0 Å². The monoisotopic (exact) mass is 376 g/mol. The van der Waals surface area contributed by atoms with E-state index in [4.69, 9.17) is 14.2 Å². The molecule has 7 heteroatoms. The fraction of sp³-hybridized carbons (Fsp3) is 0.700. The average Bonchev–Trinajstić information content (AvgIpc) is 3.21. The summed E-state index contributed by atoms with van der Waals surface area (Å²) in [6.45, 7) is 5.45. The minimum absolute atomic E-state index is 0.152. The first-order valence-corrected chi connectivity index (χ1v) is 9.77. The first-order valence-electron chi connectivity index (χ1n) is 9.77. The van der Waals surface area contributed by atoms with Crippen molar-refractivity contribution in [2.75, 3.05) is 52.7 Å². The molecule has 2 atom stereocenters. The van der Waals surface area contributed by atoms with Crippen molar-refractivity contribution in [3.8, 4) is 0 Å². The summed E-state index contributed by atoms with van der Waals surface area (Å²) in [5, 5.41) is 0. The minimum Gasteiger partial charge on any atom is -0.381 e. The Hall–Kier alpha value is -1.70. The van der Waals surface area contributed by atoms with Crippen LogP contribution in [0, 0.1) is 17.3 Å². The molecular formula is C20H28N2O5. The van der Waals surface area contributed by atoms with E-state index in [9.17, 15) is 9.59 Å². The van der Waals surface area contributed by atoms with Gasteiger partial charge in [0.1, 0.15) is 5.56 Å². The van der Waals surface area contributed by atoms with Crippen LogP contribution in [0.15, 0.2) is 23.1 Å². The van der Waals surface area contributed by atoms with Crippen molar-refractivity contribution in [2.45, 2.75) is 12.8 Å². The number of amides is 1. The molecule has 0 saturated carbocycles. The van der Waals surface area contributed by atoms with Crippen molar-refractivity contribution in [2.24, 2.45) is 24.3 Å². The third-order valence-electron chi connectivity index (χ3n) is 6.25. The first-order chi connectivity index (χ1) is 13.1. The van der Waals surface area contributed by atoms with Gasteiger partial charge in [-0.1, -0.05) is 0 Å². The van der Waals surface area contributed by atoms with Gasteiger partial charge < -0.3 is 23.7 Å². The summed E-state index contributed by atoms with van der Waals surface area (Å²) < 4.78 is 18.7. The van der Waals surface area contributed by atoms with Crippen molar-refractivity contribution in [3.05, 3.63) is 34.2 Å². The summed E-state index contributed by atoms with van der Waals surface area (Å²) in [7, 11) is 1.66. The van der Waals surface area contributed by atoms with Crippen molar-refractivity contribution in [1.29, 1.82) is 0 Å². The molecule has 0 aliphatic carbocycles. The van der Waals surface area contributed by atoms with Crippen LogP contribution in [0.1, 0.15) is 23.2 Å². The van der Waals surface area contributed by atoms with E-state index >= 15 is 0 Å². The molecule has 7 nitrogen and oxygen atoms in total. The largest absolute Gasteiger partial charge is 0.381 e. The van der Waals surface area contributed by atoms with Crippen LogP contribution in [0.4, 0.5) is 0 Å². The lowest BCUT2D eigenvalue weighted by atomic mass is 9.82. The van der Waals surface area contributed by atoms with Gasteiger partial charge in [-0.3, -0.25) is 9.59 Å². The summed E-state index contributed by atoms with van der Waals surface area (Å²) in [4.78, 5) is 27.0. The molecule has 1 amide bonds. The van der Waals surface area contributed by atoms with Crippen molar-refractivity contribution >= 4 is 5.91 Å². The van der Waals surface area contributed by atoms with Crippen LogP contribution in [0.5, 0.6) is 0 Å². The maximum Gasteiger partial charge on any atom is 0.263 e. The number of aromatic nitrogens is 1. The number of hydrogen-bond donors (Lipinski definition) is 0. The molecule has 3 aliphatic rings. The normalized spacial score (nSPS) is 28.5. The van der Waals surface area contributed by atoms with E-state index < -0.39 is 0 Å². The second-order valence-corrected chi connectivity index (χ2v) is 8.17. The zero-order chi connectivity index (χ0) is 18.9. The minimum atomic E-state index is -0.249. The third-order valence-corrected chi connectivity index (χ3v) is 6.25. The molecule has 3 saturated heterocycles. The molecule has 0 radical (unpaired) electrons. The maximum atomic E-state index is 12.9. The topological polar surface area (TPSA) is 70.0 Å². The molecule has 0 aromatic carbocycles. The summed E-state index contributed by atoms with van der Waals surface area (Å²) in [5.41, 5.74) is -0.166. The van der Waals surface area contributed by atoms with Gasteiger partial charge in [-0.15, -0.1) is 0 Å². The molecule has 3 aliphatic heterocycles. The summed E-state index contributed by atoms with van der Waals surface area (Å²) in [5.74, 6) is 0.639. The van der Waals surface area contributed by atoms with Gasteiger partial charge in [0.25, 0.3) is 11.5 Å². The predicted molar refractivity (Wildman–Crippen MR) is 98.7 cm³/mol.